The summed E-state index contributed by atoms with van der Waals surface area (Å²) in [5.74, 6) is 0.624. The molecule has 1 aliphatic heterocycles. The Kier molecular flexibility index (Phi) is 5.79. The van der Waals surface area contributed by atoms with E-state index >= 15 is 0 Å². The number of carbonyl (C=O) groups is 1. The van der Waals surface area contributed by atoms with Crippen LogP contribution < -0.4 is 9.64 Å². The van der Waals surface area contributed by atoms with Gasteiger partial charge in [0.1, 0.15) is 12.4 Å². The summed E-state index contributed by atoms with van der Waals surface area (Å²) < 4.78 is 6.58. The van der Waals surface area contributed by atoms with E-state index in [2.05, 4.69) is 19.1 Å². The van der Waals surface area contributed by atoms with E-state index in [1.54, 1.807) is 4.90 Å². The number of amides is 1. The number of benzene rings is 3. The largest absolute Gasteiger partial charge is 0.488 e. The number of carbonyl (C=O) groups excluding carboxylic acids is 1. The minimum Gasteiger partial charge on any atom is -0.488 e. The van der Waals surface area contributed by atoms with Gasteiger partial charge in [-0.1, -0.05) is 90.2 Å². The number of anilines is 1. The summed E-state index contributed by atoms with van der Waals surface area (Å²) in [5, 5.41) is 0. The topological polar surface area (TPSA) is 29.5 Å². The Hall–Kier alpha value is -2.89. The van der Waals surface area contributed by atoms with Crippen LogP contribution in [0, 0.1) is 6.92 Å². The van der Waals surface area contributed by atoms with Gasteiger partial charge in [-0.05, 0) is 36.8 Å². The van der Waals surface area contributed by atoms with Crippen molar-refractivity contribution >= 4 is 46.0 Å². The smallest absolute Gasteiger partial charge is 0.270 e. The summed E-state index contributed by atoms with van der Waals surface area (Å²) in [6.07, 6.45) is 1.85. The van der Waals surface area contributed by atoms with E-state index in [0.717, 1.165) is 22.6 Å². The molecule has 4 rings (SSSR count). The molecule has 3 aromatic carbocycles. The van der Waals surface area contributed by atoms with Crippen molar-refractivity contribution in [2.75, 3.05) is 4.90 Å². The third-order valence-electron chi connectivity index (χ3n) is 4.49. The first-order valence-electron chi connectivity index (χ1n) is 9.22. The summed E-state index contributed by atoms with van der Waals surface area (Å²) in [7, 11) is 0. The number of nitrogens with zero attached hydrogens (tertiary/aromatic N) is 1. The lowest BCUT2D eigenvalue weighted by atomic mass is 10.1. The van der Waals surface area contributed by atoms with Gasteiger partial charge in [0.05, 0.1) is 10.6 Å². The first-order chi connectivity index (χ1) is 14.1. The zero-order valence-electron chi connectivity index (χ0n) is 15.9. The molecule has 1 heterocycles. The predicted molar refractivity (Wildman–Crippen MR) is 124 cm³/mol. The van der Waals surface area contributed by atoms with Crippen LogP contribution in [0.5, 0.6) is 5.75 Å². The maximum atomic E-state index is 13.0. The van der Waals surface area contributed by atoms with Gasteiger partial charge >= 0.3 is 0 Å². The van der Waals surface area contributed by atoms with Crippen molar-refractivity contribution in [1.29, 1.82) is 0 Å². The number of para-hydroxylation sites is 2. The molecule has 0 spiro atoms. The molecule has 3 aromatic rings. The molecule has 144 valence electrons. The highest BCUT2D eigenvalue weighted by Gasteiger charge is 2.33. The van der Waals surface area contributed by atoms with Gasteiger partial charge in [0.25, 0.3) is 5.91 Å². The highest BCUT2D eigenvalue weighted by Crippen LogP contribution is 2.37. The van der Waals surface area contributed by atoms with Gasteiger partial charge in [0.2, 0.25) is 0 Å². The van der Waals surface area contributed by atoms with Crippen LogP contribution in [0.15, 0.2) is 83.8 Å². The molecular weight excluding hydrogens is 398 g/mol. The van der Waals surface area contributed by atoms with Gasteiger partial charge < -0.3 is 4.74 Å². The third kappa shape index (κ3) is 4.42. The first kappa shape index (κ1) is 19.4. The highest BCUT2D eigenvalue weighted by atomic mass is 32.2. The van der Waals surface area contributed by atoms with Crippen molar-refractivity contribution in [3.63, 3.8) is 0 Å². The molecule has 0 aliphatic carbocycles. The summed E-state index contributed by atoms with van der Waals surface area (Å²) in [4.78, 5) is 15.1. The molecular formula is C24H19NO2S2. The Morgan fingerprint density at radius 2 is 1.76 bits per heavy atom. The van der Waals surface area contributed by atoms with E-state index in [1.807, 2.05) is 72.8 Å². The van der Waals surface area contributed by atoms with Gasteiger partial charge in [-0.2, -0.15) is 0 Å². The summed E-state index contributed by atoms with van der Waals surface area (Å²) in [6, 6.07) is 25.4. The minimum absolute atomic E-state index is 0.111. The molecule has 1 amide bonds. The van der Waals surface area contributed by atoms with Crippen LogP contribution in [-0.2, 0) is 11.4 Å². The number of hydrogen-bond acceptors (Lipinski definition) is 4. The molecule has 1 fully saturated rings. The molecule has 1 aliphatic rings. The van der Waals surface area contributed by atoms with Crippen LogP contribution in [-0.4, -0.2) is 10.2 Å². The molecule has 29 heavy (non-hydrogen) atoms. The molecule has 5 heteroatoms. The fraction of sp³-hybridized carbons (Fsp3) is 0.0833. The molecule has 0 aromatic heterocycles. The molecule has 3 nitrogen and oxygen atoms in total. The summed E-state index contributed by atoms with van der Waals surface area (Å²) >= 11 is 6.76. The van der Waals surface area contributed by atoms with Gasteiger partial charge in [-0.25, -0.2) is 0 Å². The number of rotatable bonds is 5. The fourth-order valence-corrected chi connectivity index (χ4v) is 4.39. The number of aryl methyl sites for hydroxylation is 1. The Bertz CT molecular complexity index is 1090. The molecule has 0 N–H and O–H groups in total. The van der Waals surface area contributed by atoms with E-state index in [-0.39, 0.29) is 5.91 Å². The molecule has 1 saturated heterocycles. The van der Waals surface area contributed by atoms with Crippen molar-refractivity contribution in [2.45, 2.75) is 13.5 Å². The molecule has 0 radical (unpaired) electrons. The number of thioether (sulfide) groups is 1. The van der Waals surface area contributed by atoms with Crippen LogP contribution in [0.1, 0.15) is 16.7 Å². The van der Waals surface area contributed by atoms with Crippen molar-refractivity contribution in [1.82, 2.24) is 0 Å². The maximum absolute atomic E-state index is 13.0. The normalized spacial score (nSPS) is 15.2. The predicted octanol–water partition coefficient (Wildman–Crippen LogP) is 5.98. The molecule has 0 unspecified atom stereocenters. The number of thiocarbonyl (C=S) groups is 1. The van der Waals surface area contributed by atoms with Crippen molar-refractivity contribution in [2.24, 2.45) is 0 Å². The summed E-state index contributed by atoms with van der Waals surface area (Å²) in [5.41, 5.74) is 3.94. The van der Waals surface area contributed by atoms with E-state index in [1.165, 1.54) is 17.3 Å². The molecule has 0 bridgehead atoms. The quantitative estimate of drug-likeness (QED) is 0.377. The number of hydrogen-bond donors (Lipinski definition) is 0. The SMILES string of the molecule is Cc1cccc(COc2ccccc2C=C2SC(=S)N(c3ccccc3)C2=O)c1. The van der Waals surface area contributed by atoms with Crippen molar-refractivity contribution < 1.29 is 9.53 Å². The third-order valence-corrected chi connectivity index (χ3v) is 5.79. The average Bonchev–Trinajstić information content (AvgIpc) is 3.01. The van der Waals surface area contributed by atoms with E-state index in [4.69, 9.17) is 17.0 Å². The molecule has 0 atom stereocenters. The van der Waals surface area contributed by atoms with Gasteiger partial charge in [0, 0.05) is 5.56 Å². The van der Waals surface area contributed by atoms with Gasteiger partial charge in [-0.3, -0.25) is 9.69 Å². The van der Waals surface area contributed by atoms with Crippen LogP contribution in [0.25, 0.3) is 6.08 Å². The van der Waals surface area contributed by atoms with E-state index < -0.39 is 0 Å². The summed E-state index contributed by atoms with van der Waals surface area (Å²) in [6.45, 7) is 2.53. The van der Waals surface area contributed by atoms with Crippen LogP contribution >= 0.6 is 24.0 Å². The van der Waals surface area contributed by atoms with Gasteiger partial charge in [-0.15, -0.1) is 0 Å². The lowest BCUT2D eigenvalue weighted by Crippen LogP contribution is -2.27. The Labute approximate surface area is 180 Å². The maximum Gasteiger partial charge on any atom is 0.270 e. The molecule has 0 saturated carbocycles. The minimum atomic E-state index is -0.111. The van der Waals surface area contributed by atoms with E-state index in [0.29, 0.717) is 15.8 Å². The first-order valence-corrected chi connectivity index (χ1v) is 10.4. The second-order valence-corrected chi connectivity index (χ2v) is 8.34. The van der Waals surface area contributed by atoms with Crippen LogP contribution in [0.3, 0.4) is 0 Å². The average molecular weight is 418 g/mol. The van der Waals surface area contributed by atoms with Crippen LogP contribution in [0.4, 0.5) is 5.69 Å². The Balaban J connectivity index is 1.57. The fourth-order valence-electron chi connectivity index (χ4n) is 3.10. The monoisotopic (exact) mass is 417 g/mol. The Morgan fingerprint density at radius 3 is 2.55 bits per heavy atom. The lowest BCUT2D eigenvalue weighted by Gasteiger charge is -2.14. The lowest BCUT2D eigenvalue weighted by molar-refractivity contribution is -0.113. The zero-order chi connectivity index (χ0) is 20.2. The van der Waals surface area contributed by atoms with Crippen LogP contribution in [0.2, 0.25) is 0 Å². The highest BCUT2D eigenvalue weighted by molar-refractivity contribution is 8.27. The standard InChI is InChI=1S/C24H19NO2S2/c1-17-8-7-9-18(14-17)16-27-21-13-6-5-10-19(21)15-22-23(26)25(24(28)29-22)20-11-3-2-4-12-20/h2-15H,16H2,1H3. The van der Waals surface area contributed by atoms with E-state index in [9.17, 15) is 4.79 Å². The Morgan fingerprint density at radius 1 is 1.00 bits per heavy atom. The second-order valence-electron chi connectivity index (χ2n) is 6.67. The van der Waals surface area contributed by atoms with Crippen molar-refractivity contribution in [3.05, 3.63) is 100 Å². The van der Waals surface area contributed by atoms with Gasteiger partial charge in [0.15, 0.2) is 4.32 Å². The zero-order valence-corrected chi connectivity index (χ0v) is 17.5. The van der Waals surface area contributed by atoms with Crippen molar-refractivity contribution in [3.8, 4) is 5.75 Å². The second kappa shape index (κ2) is 8.64. The number of ether oxygens (including phenoxy) is 1.